The van der Waals surface area contributed by atoms with Gasteiger partial charge in [-0.1, -0.05) is 127 Å². The normalized spacial score (nSPS) is 14.2. The molecule has 3 aromatic heterocycles. The van der Waals surface area contributed by atoms with Crippen molar-refractivity contribution in [1.82, 2.24) is 19.4 Å². The molecular weight excluding hydrogens is 685 g/mol. The van der Waals surface area contributed by atoms with Crippen molar-refractivity contribution >= 4 is 55.4 Å². The van der Waals surface area contributed by atoms with Gasteiger partial charge in [-0.25, -0.2) is 9.98 Å². The summed E-state index contributed by atoms with van der Waals surface area (Å²) in [5.41, 5.74) is 13.0. The van der Waals surface area contributed by atoms with Crippen LogP contribution in [0.3, 0.4) is 0 Å². The van der Waals surface area contributed by atoms with Crippen LogP contribution in [0.4, 0.5) is 0 Å². The smallest absolute Gasteiger partial charge is 0.159 e. The predicted octanol–water partition coefficient (Wildman–Crippen LogP) is 11.4. The number of aromatic nitrogens is 3. The van der Waals surface area contributed by atoms with Crippen LogP contribution in [-0.2, 0) is 0 Å². The highest BCUT2D eigenvalue weighted by molar-refractivity contribution is 6.14. The molecule has 10 aromatic rings. The SMILES string of the molecule is c1ccc(C2=NC(c3cccc(-n4c5ccccc5c5ccc(-c6ccc7c(c6)c6ncccc6n7-c6ccccc6)cc54)c3)=NC(c3ccccc3)N2)cc1. The van der Waals surface area contributed by atoms with Crippen LogP contribution in [0.5, 0.6) is 0 Å². The van der Waals surface area contributed by atoms with Crippen LogP contribution in [0.25, 0.3) is 66.2 Å². The van der Waals surface area contributed by atoms with Crippen molar-refractivity contribution in [2.45, 2.75) is 6.17 Å². The van der Waals surface area contributed by atoms with Gasteiger partial charge in [0.25, 0.3) is 0 Å². The van der Waals surface area contributed by atoms with E-state index in [1.54, 1.807) is 0 Å². The van der Waals surface area contributed by atoms with Crippen molar-refractivity contribution in [1.29, 1.82) is 0 Å². The summed E-state index contributed by atoms with van der Waals surface area (Å²) >= 11 is 0. The van der Waals surface area contributed by atoms with Gasteiger partial charge < -0.3 is 14.5 Å². The van der Waals surface area contributed by atoms with Gasteiger partial charge in [-0.3, -0.25) is 4.98 Å². The third kappa shape index (κ3) is 5.30. The number of benzene rings is 7. The molecule has 1 unspecified atom stereocenters. The second-order valence-corrected chi connectivity index (χ2v) is 14.1. The van der Waals surface area contributed by atoms with E-state index in [2.05, 4.69) is 172 Å². The largest absolute Gasteiger partial charge is 0.344 e. The van der Waals surface area contributed by atoms with Crippen LogP contribution >= 0.6 is 0 Å². The summed E-state index contributed by atoms with van der Waals surface area (Å²) in [4.78, 5) is 15.1. The van der Waals surface area contributed by atoms with Gasteiger partial charge in [0.15, 0.2) is 5.84 Å². The molecule has 1 atom stereocenters. The molecule has 4 heterocycles. The molecule has 0 aliphatic carbocycles. The maximum atomic E-state index is 5.17. The second-order valence-electron chi connectivity index (χ2n) is 14.1. The van der Waals surface area contributed by atoms with Crippen molar-refractivity contribution < 1.29 is 0 Å². The van der Waals surface area contributed by atoms with E-state index in [1.165, 1.54) is 10.8 Å². The monoisotopic (exact) mass is 718 g/mol. The molecule has 0 saturated heterocycles. The highest BCUT2D eigenvalue weighted by Gasteiger charge is 2.22. The van der Waals surface area contributed by atoms with Gasteiger partial charge in [0.05, 0.1) is 27.6 Å². The molecule has 0 saturated carbocycles. The van der Waals surface area contributed by atoms with Crippen molar-refractivity contribution in [2.24, 2.45) is 9.98 Å². The van der Waals surface area contributed by atoms with Crippen LogP contribution < -0.4 is 5.32 Å². The Bertz CT molecular complexity index is 3160. The Labute approximate surface area is 323 Å². The summed E-state index contributed by atoms with van der Waals surface area (Å²) in [6, 6.07) is 66.1. The predicted molar refractivity (Wildman–Crippen MR) is 230 cm³/mol. The Hall–Kier alpha value is -7.57. The van der Waals surface area contributed by atoms with Crippen LogP contribution in [0.1, 0.15) is 22.9 Å². The Morgan fingerprint density at radius 2 is 1.07 bits per heavy atom. The third-order valence-electron chi connectivity index (χ3n) is 10.8. The maximum absolute atomic E-state index is 5.17. The minimum Gasteiger partial charge on any atom is -0.344 e. The lowest BCUT2D eigenvalue weighted by molar-refractivity contribution is 0.674. The Kier molecular flexibility index (Phi) is 7.45. The molecule has 264 valence electrons. The number of nitrogens with zero attached hydrogens (tertiary/aromatic N) is 5. The summed E-state index contributed by atoms with van der Waals surface area (Å²) in [6.07, 6.45) is 1.61. The van der Waals surface area contributed by atoms with E-state index in [4.69, 9.17) is 15.0 Å². The van der Waals surface area contributed by atoms with Gasteiger partial charge >= 0.3 is 0 Å². The zero-order valence-corrected chi connectivity index (χ0v) is 30.3. The molecule has 0 amide bonds. The molecule has 6 nitrogen and oxygen atoms in total. The topological polar surface area (TPSA) is 59.5 Å². The zero-order chi connectivity index (χ0) is 37.0. The van der Waals surface area contributed by atoms with E-state index in [0.29, 0.717) is 5.84 Å². The lowest BCUT2D eigenvalue weighted by atomic mass is 10.0. The molecule has 0 bridgehead atoms. The van der Waals surface area contributed by atoms with Crippen molar-refractivity contribution in [3.8, 4) is 22.5 Å². The molecule has 11 rings (SSSR count). The fourth-order valence-corrected chi connectivity index (χ4v) is 8.21. The van der Waals surface area contributed by atoms with Gasteiger partial charge in [-0.2, -0.15) is 0 Å². The van der Waals surface area contributed by atoms with E-state index in [9.17, 15) is 0 Å². The molecular formula is C50H34N6. The number of fused-ring (bicyclic) bond motifs is 6. The first kappa shape index (κ1) is 31.9. The molecule has 7 aromatic carbocycles. The summed E-state index contributed by atoms with van der Waals surface area (Å²) < 4.78 is 4.67. The van der Waals surface area contributed by atoms with Crippen molar-refractivity contribution in [3.05, 3.63) is 211 Å². The summed E-state index contributed by atoms with van der Waals surface area (Å²) in [5.74, 6) is 1.49. The van der Waals surface area contributed by atoms with E-state index in [1.807, 2.05) is 36.5 Å². The Balaban J connectivity index is 1.06. The Morgan fingerprint density at radius 3 is 1.93 bits per heavy atom. The standard InChI is InChI=1S/C50H34N6/c1-4-14-33(15-5-1)48-52-49(34-16-6-2-7-17-34)54-50(53-48)37-18-12-21-39(30-37)56-43-23-11-10-22-40(43)41-27-25-36(32-46(41)56)35-26-28-44-42(31-35)47-45(24-13-29-51-47)55(44)38-19-8-3-9-20-38/h1-32,48H,(H,52,53,54). The van der Waals surface area contributed by atoms with E-state index in [-0.39, 0.29) is 6.17 Å². The summed E-state index contributed by atoms with van der Waals surface area (Å²) in [5, 5.41) is 7.11. The van der Waals surface area contributed by atoms with Gasteiger partial charge in [-0.05, 0) is 77.4 Å². The molecule has 0 fully saturated rings. The molecule has 1 aliphatic rings. The van der Waals surface area contributed by atoms with E-state index in [0.717, 1.165) is 78.0 Å². The van der Waals surface area contributed by atoms with Crippen molar-refractivity contribution in [3.63, 3.8) is 0 Å². The highest BCUT2D eigenvalue weighted by Crippen LogP contribution is 2.38. The molecule has 56 heavy (non-hydrogen) atoms. The van der Waals surface area contributed by atoms with Gasteiger partial charge in [0, 0.05) is 44.9 Å². The van der Waals surface area contributed by atoms with Crippen LogP contribution in [-0.4, -0.2) is 25.8 Å². The highest BCUT2D eigenvalue weighted by atomic mass is 15.2. The molecule has 1 aliphatic heterocycles. The molecule has 0 spiro atoms. The number of nitrogens with one attached hydrogen (secondary N) is 1. The lowest BCUT2D eigenvalue weighted by Crippen LogP contribution is -2.33. The van der Waals surface area contributed by atoms with Gasteiger partial charge in [0.2, 0.25) is 0 Å². The average molecular weight is 719 g/mol. The third-order valence-corrected chi connectivity index (χ3v) is 10.8. The van der Waals surface area contributed by atoms with E-state index >= 15 is 0 Å². The number of amidine groups is 2. The van der Waals surface area contributed by atoms with Gasteiger partial charge in [-0.15, -0.1) is 0 Å². The van der Waals surface area contributed by atoms with Crippen LogP contribution in [0.2, 0.25) is 0 Å². The first-order chi connectivity index (χ1) is 27.8. The van der Waals surface area contributed by atoms with Crippen LogP contribution in [0.15, 0.2) is 204 Å². The number of hydrogen-bond acceptors (Lipinski definition) is 4. The van der Waals surface area contributed by atoms with Crippen LogP contribution in [0, 0.1) is 0 Å². The average Bonchev–Trinajstić information content (AvgIpc) is 3.79. The first-order valence-corrected chi connectivity index (χ1v) is 18.9. The minimum absolute atomic E-state index is 0.271. The second kappa shape index (κ2) is 13.1. The minimum atomic E-state index is -0.271. The number of hydrogen-bond donors (Lipinski definition) is 1. The Morgan fingerprint density at radius 1 is 0.429 bits per heavy atom. The van der Waals surface area contributed by atoms with E-state index < -0.39 is 0 Å². The zero-order valence-electron chi connectivity index (χ0n) is 30.3. The number of para-hydroxylation sites is 2. The summed E-state index contributed by atoms with van der Waals surface area (Å²) in [7, 11) is 0. The maximum Gasteiger partial charge on any atom is 0.159 e. The quantitative estimate of drug-likeness (QED) is 0.186. The number of aliphatic imine (C=N–C) groups is 2. The first-order valence-electron chi connectivity index (χ1n) is 18.9. The van der Waals surface area contributed by atoms with Gasteiger partial charge in [0.1, 0.15) is 12.0 Å². The lowest BCUT2D eigenvalue weighted by Gasteiger charge is -2.23. The molecule has 0 radical (unpaired) electrons. The molecule has 6 heteroatoms. The van der Waals surface area contributed by atoms with Crippen molar-refractivity contribution in [2.75, 3.05) is 0 Å². The number of pyridine rings is 1. The summed E-state index contributed by atoms with van der Waals surface area (Å²) in [6.45, 7) is 0. The fourth-order valence-electron chi connectivity index (χ4n) is 8.21. The fraction of sp³-hybridized carbons (Fsp3) is 0.0200. The molecule has 1 N–H and O–H groups in total. The number of rotatable bonds is 6.